The number of sulfonamides is 1. The van der Waals surface area contributed by atoms with Crippen LogP contribution in [0.2, 0.25) is 0 Å². The van der Waals surface area contributed by atoms with Crippen molar-refractivity contribution in [2.45, 2.75) is 189 Å². The van der Waals surface area contributed by atoms with Gasteiger partial charge in [-0.1, -0.05) is 110 Å². The maximum Gasteiger partial charge on any atom is 0.241 e. The summed E-state index contributed by atoms with van der Waals surface area (Å²) >= 11 is 0. The van der Waals surface area contributed by atoms with Gasteiger partial charge in [-0.15, -0.1) is 0 Å². The van der Waals surface area contributed by atoms with Crippen molar-refractivity contribution in [1.29, 1.82) is 0 Å². The number of aryl methyl sites for hydroxylation is 5. The van der Waals surface area contributed by atoms with Crippen LogP contribution in [0, 0.1) is 40.4 Å². The van der Waals surface area contributed by atoms with Gasteiger partial charge in [0.15, 0.2) is 29.5 Å². The summed E-state index contributed by atoms with van der Waals surface area (Å²) < 4.78 is 118. The highest BCUT2D eigenvalue weighted by atomic mass is 32.2. The van der Waals surface area contributed by atoms with Crippen molar-refractivity contribution in [2.24, 2.45) is 0 Å². The number of likely N-dealkylation sites (tertiary alicyclic amines) is 1. The number of piperazine rings is 3. The minimum atomic E-state index is -3.54. The number of nitrogens with zero attached hydrogens (tertiary/aromatic N) is 15. The number of aromatic nitrogens is 8. The van der Waals surface area contributed by atoms with Gasteiger partial charge in [0.05, 0.1) is 65.9 Å². The lowest BCUT2D eigenvalue weighted by Crippen LogP contribution is -2.44. The molecule has 0 radical (unpaired) electrons. The molecule has 8 aromatic carbocycles. The van der Waals surface area contributed by atoms with Crippen LogP contribution in [-0.4, -0.2) is 234 Å². The van der Waals surface area contributed by atoms with E-state index in [0.717, 1.165) is 243 Å². The summed E-state index contributed by atoms with van der Waals surface area (Å²) in [6.45, 7) is 29.6. The third kappa shape index (κ3) is 29.0. The zero-order chi connectivity index (χ0) is 102. The van der Waals surface area contributed by atoms with Gasteiger partial charge in [0.2, 0.25) is 33.8 Å². The molecule has 4 saturated heterocycles. The highest BCUT2D eigenvalue weighted by Gasteiger charge is 2.50. The van der Waals surface area contributed by atoms with Crippen LogP contribution in [0.3, 0.4) is 0 Å². The third-order valence-electron chi connectivity index (χ3n) is 29.1. The van der Waals surface area contributed by atoms with Crippen LogP contribution < -0.4 is 40.7 Å². The highest BCUT2D eigenvalue weighted by molar-refractivity contribution is 7.92. The maximum absolute atomic E-state index is 14.9. The molecule has 0 bridgehead atoms. The van der Waals surface area contributed by atoms with Gasteiger partial charge in [-0.05, 0) is 311 Å². The van der Waals surface area contributed by atoms with E-state index in [1.807, 2.05) is 165 Å². The molecule has 0 atom stereocenters. The number of anilines is 11. The Morgan fingerprint density at radius 1 is 0.366 bits per heavy atom. The molecule has 768 valence electrons. The van der Waals surface area contributed by atoms with Gasteiger partial charge >= 0.3 is 0 Å². The molecule has 7 fully saturated rings. The van der Waals surface area contributed by atoms with Gasteiger partial charge in [0.25, 0.3) is 0 Å². The topological polar surface area (TPSA) is 323 Å². The molecule has 28 nitrogen and oxygen atoms in total. The lowest BCUT2D eigenvalue weighted by Gasteiger charge is -2.34. The number of halogens is 1. The fourth-order valence-electron chi connectivity index (χ4n) is 18.6. The van der Waals surface area contributed by atoms with Crippen molar-refractivity contribution >= 4 is 103 Å². The number of piperidine rings is 1. The molecule has 3 aliphatic carbocycles. The summed E-state index contributed by atoms with van der Waals surface area (Å²) in [4.78, 5) is 53.4. The number of sulfone groups is 3. The Balaban J connectivity index is 0.000000139. The van der Waals surface area contributed by atoms with E-state index in [9.17, 15) is 38.1 Å². The number of benzene rings is 8. The van der Waals surface area contributed by atoms with Gasteiger partial charge in [-0.3, -0.25) is 0 Å². The van der Waals surface area contributed by atoms with Crippen molar-refractivity contribution in [3.05, 3.63) is 308 Å². The van der Waals surface area contributed by atoms with E-state index in [2.05, 4.69) is 186 Å². The first-order valence-corrected chi connectivity index (χ1v) is 57.5. The Labute approximate surface area is 857 Å². The van der Waals surface area contributed by atoms with Crippen LogP contribution in [0.5, 0.6) is 0 Å². The van der Waals surface area contributed by atoms with Gasteiger partial charge in [-0.2, -0.15) is 0 Å². The van der Waals surface area contributed by atoms with Gasteiger partial charge in [0, 0.05) is 169 Å². The first kappa shape index (κ1) is 106. The number of hydrogen-bond donors (Lipinski definition) is 5. The molecular weight excluding hydrogens is 1900 g/mol. The Morgan fingerprint density at radius 3 is 1.08 bits per heavy atom. The minimum Gasteiger partial charge on any atom is -0.369 e. The van der Waals surface area contributed by atoms with Gasteiger partial charge in [0.1, 0.15) is 5.82 Å². The summed E-state index contributed by atoms with van der Waals surface area (Å²) in [6.07, 6.45) is 18.5. The standard InChI is InChI=1S/C29H37N5O2S.C28H34FN5O2S.C28H35N5O2S.C27H35N5O2S/c1-20-7-8-22(18-28(20)37(35,36)33-26-5-4-6-26)17-27-21(2)19-30-29(32-27)31-25-11-9-23(10-12-25)24-13-15-34(3)16-14-24;1-20-18-30-27(31-23-7-8-26(24(29)17-23)34-13-11-33(3)12-14-34)32-25(20)16-21-5-4-6-22(15-21)19-37(35,36)28(2)9-10-28;1-21-19-29-27(30-24-7-9-25(10-8-24)33-15-13-32(3)14-16-33)31-26(21)18-22-5-4-6-23(17-22)20-36(34,35)28(2)11-12-28;1-4-16-35(33,34)20-23-7-5-6-22(17-23)18-26-21(2)19-28-27(30-26)29-24-8-10-25(11-9-24)32-14-12-31(3)13-15-32/h7-12,18-19,24,26,33H,4-6,13-17H2,1-3H3,(H,30,31,32);4-8,15,17-18H,9-14,16,19H2,1-3H3,(H,30,31,32);4-10,17,19H,11-16,18,20H2,1-3H3,(H,29,30,31);5-11,17,19H,4,12-16,18,20H2,1-3H3,(H,28,29,30). The van der Waals surface area contributed by atoms with E-state index in [1.54, 1.807) is 18.3 Å². The summed E-state index contributed by atoms with van der Waals surface area (Å²) in [5, 5.41) is 13.1. The quantitative estimate of drug-likeness (QED) is 0.0255. The van der Waals surface area contributed by atoms with Crippen LogP contribution in [0.25, 0.3) is 0 Å². The van der Waals surface area contributed by atoms with Crippen LogP contribution >= 0.6 is 0 Å². The Morgan fingerprint density at radius 2 is 0.710 bits per heavy atom. The molecule has 5 N–H and O–H groups in total. The summed E-state index contributed by atoms with van der Waals surface area (Å²) in [6, 6.07) is 59.6. The molecule has 19 rings (SSSR count). The van der Waals surface area contributed by atoms with Gasteiger partial charge < -0.3 is 55.6 Å². The van der Waals surface area contributed by atoms with E-state index in [1.165, 1.54) is 35.8 Å². The Hall–Kier alpha value is -11.8. The first-order valence-electron chi connectivity index (χ1n) is 50.9. The minimum absolute atomic E-state index is 0.0581. The predicted octanol–water partition coefficient (Wildman–Crippen LogP) is 18.1. The van der Waals surface area contributed by atoms with Crippen molar-refractivity contribution < 1.29 is 38.1 Å². The van der Waals surface area contributed by atoms with E-state index >= 15 is 0 Å². The van der Waals surface area contributed by atoms with E-state index in [0.29, 0.717) is 78.1 Å². The second-order valence-corrected chi connectivity index (χ2v) is 50.0. The van der Waals surface area contributed by atoms with E-state index in [4.69, 9.17) is 15.0 Å². The Kier molecular flexibility index (Phi) is 34.3. The normalized spacial score (nSPS) is 16.9. The second-order valence-electron chi connectivity index (χ2n) is 41.1. The molecule has 12 aromatic rings. The zero-order valence-electron chi connectivity index (χ0n) is 85.9. The number of rotatable bonds is 33. The fraction of sp³-hybridized carbons (Fsp3) is 0.429. The second kappa shape index (κ2) is 46.9. The average Bonchev–Trinajstić information content (AvgIpc) is 1.62. The molecule has 7 aliphatic rings. The number of nitrogens with one attached hydrogen (secondary N) is 5. The van der Waals surface area contributed by atoms with E-state index < -0.39 is 49.0 Å². The van der Waals surface area contributed by atoms with Crippen molar-refractivity contribution in [2.75, 3.05) is 162 Å². The fourth-order valence-corrected chi connectivity index (χ4v) is 25.0. The van der Waals surface area contributed by atoms with Crippen molar-refractivity contribution in [3.63, 3.8) is 0 Å². The van der Waals surface area contributed by atoms with Crippen LogP contribution in [0.1, 0.15) is 186 Å². The zero-order valence-corrected chi connectivity index (χ0v) is 89.2. The van der Waals surface area contributed by atoms with Crippen molar-refractivity contribution in [3.8, 4) is 0 Å². The molecule has 0 unspecified atom stereocenters. The van der Waals surface area contributed by atoms with Gasteiger partial charge in [-0.25, -0.2) is 82.7 Å². The summed E-state index contributed by atoms with van der Waals surface area (Å²) in [5.74, 6) is 2.85. The smallest absolute Gasteiger partial charge is 0.241 e. The molecule has 4 aromatic heterocycles. The molecule has 0 spiro atoms. The summed E-state index contributed by atoms with van der Waals surface area (Å²) in [7, 11) is -4.33. The van der Waals surface area contributed by atoms with Crippen LogP contribution in [-0.2, 0) is 82.5 Å². The Bertz CT molecular complexity index is 6970. The lowest BCUT2D eigenvalue weighted by molar-refractivity contribution is 0.255. The van der Waals surface area contributed by atoms with Crippen LogP contribution in [0.4, 0.5) is 68.0 Å². The molecule has 0 amide bonds. The first-order chi connectivity index (χ1) is 69.4. The monoisotopic (exact) mass is 2040 g/mol. The molecule has 4 aliphatic heterocycles. The van der Waals surface area contributed by atoms with E-state index in [-0.39, 0.29) is 34.9 Å². The van der Waals surface area contributed by atoms with Crippen LogP contribution in [0.15, 0.2) is 212 Å². The summed E-state index contributed by atoms with van der Waals surface area (Å²) in [5.41, 5.74) is 22.6. The number of hydrogen-bond acceptors (Lipinski definition) is 27. The number of likely N-dealkylation sites (N-methyl/N-ethyl adjacent to an activating group) is 3. The predicted molar refractivity (Wildman–Crippen MR) is 583 cm³/mol. The average molecular weight is 2040 g/mol. The lowest BCUT2D eigenvalue weighted by atomic mass is 9.89. The molecule has 33 heteroatoms. The van der Waals surface area contributed by atoms with Crippen molar-refractivity contribution in [1.82, 2.24) is 64.2 Å². The highest BCUT2D eigenvalue weighted by Crippen LogP contribution is 2.46. The third-order valence-corrected chi connectivity index (χ3v) is 37.9. The maximum atomic E-state index is 14.9. The largest absolute Gasteiger partial charge is 0.369 e. The SMILES string of the molecule is CCCS(=O)(=O)Cc1cccc(Cc2nc(Nc3ccc(N4CCN(C)CC4)cc3)ncc2C)c1.Cc1ccc(Cc2nc(Nc3ccc(C4CCN(C)CC4)cc3)ncc2C)cc1S(=O)(=O)NC1CCC1.Cc1cnc(Nc2ccc(N3CCN(C)CC3)c(F)c2)nc1Cc1cccc(CS(=O)(=O)C2(C)CC2)c1.Cc1cnc(Nc2ccc(N3CCN(C)CC3)cc2)nc1Cc1cccc(CS(=O)(=O)C2(C)CC2)c1. The molecular formula is C112H141FN20O8S4. The molecule has 8 heterocycles. The molecule has 145 heavy (non-hydrogen) atoms. The molecule has 3 saturated carbocycles.